The fraction of sp³-hybridized carbons (Fsp3) is 0.158. The first-order valence-electron chi connectivity index (χ1n) is 8.00. The van der Waals surface area contributed by atoms with Crippen molar-refractivity contribution in [1.82, 2.24) is 9.78 Å². The molecular formula is C19H16ClF2N3O2. The molecule has 1 aromatic heterocycles. The third kappa shape index (κ3) is 4.09. The highest BCUT2D eigenvalue weighted by atomic mass is 35.5. The molecule has 3 aromatic rings. The van der Waals surface area contributed by atoms with E-state index in [1.165, 1.54) is 24.1 Å². The largest absolute Gasteiger partial charge is 0.495 e. The molecular weight excluding hydrogens is 376 g/mol. The highest BCUT2D eigenvalue weighted by Gasteiger charge is 2.16. The molecule has 0 aliphatic heterocycles. The first-order valence-corrected chi connectivity index (χ1v) is 8.38. The number of carbonyl (C=O) groups excluding carboxylic acids is 1. The third-order valence-corrected chi connectivity index (χ3v) is 4.31. The number of benzene rings is 2. The van der Waals surface area contributed by atoms with Gasteiger partial charge in [-0.05, 0) is 43.3 Å². The van der Waals surface area contributed by atoms with Gasteiger partial charge in [0.25, 0.3) is 5.91 Å². The van der Waals surface area contributed by atoms with Crippen LogP contribution in [0.3, 0.4) is 0 Å². The molecule has 0 aliphatic rings. The Morgan fingerprint density at radius 1 is 1.26 bits per heavy atom. The number of anilines is 1. The van der Waals surface area contributed by atoms with Crippen LogP contribution in [0.1, 0.15) is 21.5 Å². The Morgan fingerprint density at radius 3 is 2.78 bits per heavy atom. The van der Waals surface area contributed by atoms with Gasteiger partial charge in [-0.25, -0.2) is 13.5 Å². The van der Waals surface area contributed by atoms with E-state index < -0.39 is 17.5 Å². The number of hydrogen-bond donors (Lipinski definition) is 1. The van der Waals surface area contributed by atoms with E-state index in [1.54, 1.807) is 19.1 Å². The van der Waals surface area contributed by atoms with Crippen LogP contribution in [-0.2, 0) is 6.54 Å². The van der Waals surface area contributed by atoms with Crippen LogP contribution in [0.2, 0.25) is 5.02 Å². The normalized spacial score (nSPS) is 10.7. The van der Waals surface area contributed by atoms with E-state index in [1.807, 2.05) is 0 Å². The number of aromatic nitrogens is 2. The smallest absolute Gasteiger partial charge is 0.256 e. The van der Waals surface area contributed by atoms with Crippen LogP contribution >= 0.6 is 11.6 Å². The van der Waals surface area contributed by atoms with E-state index in [2.05, 4.69) is 10.4 Å². The van der Waals surface area contributed by atoms with E-state index >= 15 is 0 Å². The Morgan fingerprint density at radius 2 is 2.04 bits per heavy atom. The maximum Gasteiger partial charge on any atom is 0.256 e. The number of methoxy groups -OCH3 is 1. The Hall–Kier alpha value is -2.93. The number of hydrogen-bond acceptors (Lipinski definition) is 3. The van der Waals surface area contributed by atoms with Crippen molar-refractivity contribution in [3.05, 3.63) is 75.9 Å². The summed E-state index contributed by atoms with van der Waals surface area (Å²) in [5.41, 5.74) is 1.14. The van der Waals surface area contributed by atoms with Crippen LogP contribution in [0, 0.1) is 18.6 Å². The molecule has 0 saturated heterocycles. The van der Waals surface area contributed by atoms with E-state index in [0.717, 1.165) is 18.2 Å². The number of nitrogens with zero attached hydrogens (tertiary/aromatic N) is 2. The Kier molecular flexibility index (Phi) is 5.41. The van der Waals surface area contributed by atoms with Gasteiger partial charge in [-0.2, -0.15) is 5.10 Å². The maximum atomic E-state index is 13.9. The number of nitrogens with one attached hydrogen (secondary N) is 1. The average molecular weight is 392 g/mol. The standard InChI is InChI=1S/C19H16ClF2N3O2/c1-11-9-23-25(10-13-7-14(21)4-6-16(13)22)18(11)24-19(26)12-3-5-15(20)17(8-12)27-2/h3-9H,10H2,1-2H3,(H,24,26). The van der Waals surface area contributed by atoms with E-state index in [-0.39, 0.29) is 12.1 Å². The van der Waals surface area contributed by atoms with Crippen molar-refractivity contribution in [3.8, 4) is 5.75 Å². The summed E-state index contributed by atoms with van der Waals surface area (Å²) in [4.78, 5) is 12.6. The Balaban J connectivity index is 1.86. The Labute approximate surface area is 159 Å². The zero-order valence-electron chi connectivity index (χ0n) is 14.6. The fourth-order valence-electron chi connectivity index (χ4n) is 2.57. The molecule has 0 radical (unpaired) electrons. The van der Waals surface area contributed by atoms with Crippen LogP contribution in [0.5, 0.6) is 5.75 Å². The molecule has 0 atom stereocenters. The second kappa shape index (κ2) is 7.75. The van der Waals surface area contributed by atoms with Gasteiger partial charge in [0.1, 0.15) is 23.2 Å². The lowest BCUT2D eigenvalue weighted by atomic mass is 10.2. The molecule has 2 aromatic carbocycles. The lowest BCUT2D eigenvalue weighted by molar-refractivity contribution is 0.102. The van der Waals surface area contributed by atoms with Crippen molar-refractivity contribution in [2.24, 2.45) is 0 Å². The zero-order chi connectivity index (χ0) is 19.6. The van der Waals surface area contributed by atoms with E-state index in [0.29, 0.717) is 27.7 Å². The van der Waals surface area contributed by atoms with Crippen molar-refractivity contribution in [2.45, 2.75) is 13.5 Å². The lowest BCUT2D eigenvalue weighted by Crippen LogP contribution is -2.17. The number of ether oxygens (including phenoxy) is 1. The summed E-state index contributed by atoms with van der Waals surface area (Å²) in [5.74, 6) is -0.748. The first-order chi connectivity index (χ1) is 12.9. The van der Waals surface area contributed by atoms with Crippen molar-refractivity contribution in [2.75, 3.05) is 12.4 Å². The second-order valence-corrected chi connectivity index (χ2v) is 6.28. The first kappa shape index (κ1) is 18.8. The molecule has 1 heterocycles. The predicted octanol–water partition coefficient (Wildman–Crippen LogP) is 4.43. The minimum atomic E-state index is -0.552. The van der Waals surface area contributed by atoms with Crippen molar-refractivity contribution in [1.29, 1.82) is 0 Å². The number of halogens is 3. The van der Waals surface area contributed by atoms with Crippen LogP contribution in [-0.4, -0.2) is 22.8 Å². The second-order valence-electron chi connectivity index (χ2n) is 5.87. The van der Waals surface area contributed by atoms with Crippen molar-refractivity contribution >= 4 is 23.3 Å². The molecule has 0 bridgehead atoms. The van der Waals surface area contributed by atoms with E-state index in [9.17, 15) is 13.6 Å². The van der Waals surface area contributed by atoms with Gasteiger partial charge in [0.15, 0.2) is 0 Å². The van der Waals surface area contributed by atoms with E-state index in [4.69, 9.17) is 16.3 Å². The van der Waals surface area contributed by atoms with Gasteiger partial charge in [0.05, 0.1) is 24.9 Å². The molecule has 0 saturated carbocycles. The van der Waals surface area contributed by atoms with Crippen LogP contribution < -0.4 is 10.1 Å². The summed E-state index contributed by atoms with van der Waals surface area (Å²) in [6.45, 7) is 1.72. The molecule has 5 nitrogen and oxygen atoms in total. The van der Waals surface area contributed by atoms with Crippen LogP contribution in [0.4, 0.5) is 14.6 Å². The van der Waals surface area contributed by atoms with Gasteiger partial charge >= 0.3 is 0 Å². The van der Waals surface area contributed by atoms with Crippen LogP contribution in [0.25, 0.3) is 0 Å². The highest BCUT2D eigenvalue weighted by molar-refractivity contribution is 6.32. The minimum Gasteiger partial charge on any atom is -0.495 e. The highest BCUT2D eigenvalue weighted by Crippen LogP contribution is 2.26. The summed E-state index contributed by atoms with van der Waals surface area (Å²) in [7, 11) is 1.45. The summed E-state index contributed by atoms with van der Waals surface area (Å²) >= 11 is 5.98. The third-order valence-electron chi connectivity index (χ3n) is 4.00. The molecule has 1 N–H and O–H groups in total. The molecule has 0 spiro atoms. The predicted molar refractivity (Wildman–Crippen MR) is 98.4 cm³/mol. The summed E-state index contributed by atoms with van der Waals surface area (Å²) in [6, 6.07) is 7.83. The quantitative estimate of drug-likeness (QED) is 0.700. The minimum absolute atomic E-state index is 0.0308. The summed E-state index contributed by atoms with van der Waals surface area (Å²) in [6.07, 6.45) is 1.54. The average Bonchev–Trinajstić information content (AvgIpc) is 2.98. The number of amides is 1. The zero-order valence-corrected chi connectivity index (χ0v) is 15.3. The molecule has 1 amide bonds. The van der Waals surface area contributed by atoms with Gasteiger partial charge in [-0.1, -0.05) is 11.6 Å². The van der Waals surface area contributed by atoms with Crippen LogP contribution in [0.15, 0.2) is 42.6 Å². The molecule has 0 aliphatic carbocycles. The summed E-state index contributed by atoms with van der Waals surface area (Å²) < 4.78 is 33.8. The molecule has 0 fully saturated rings. The number of carbonyl (C=O) groups is 1. The fourth-order valence-corrected chi connectivity index (χ4v) is 2.76. The SMILES string of the molecule is COc1cc(C(=O)Nc2c(C)cnn2Cc2cc(F)ccc2F)ccc1Cl. The monoisotopic (exact) mass is 391 g/mol. The summed E-state index contributed by atoms with van der Waals surface area (Å²) in [5, 5.41) is 7.28. The number of rotatable bonds is 5. The molecule has 27 heavy (non-hydrogen) atoms. The molecule has 3 rings (SSSR count). The number of aryl methyl sites for hydroxylation is 1. The van der Waals surface area contributed by atoms with Gasteiger partial charge in [0, 0.05) is 16.7 Å². The van der Waals surface area contributed by atoms with Gasteiger partial charge in [-0.3, -0.25) is 4.79 Å². The molecule has 8 heteroatoms. The molecule has 140 valence electrons. The maximum absolute atomic E-state index is 13.9. The van der Waals surface area contributed by atoms with Crippen molar-refractivity contribution < 1.29 is 18.3 Å². The molecule has 0 unspecified atom stereocenters. The Bertz CT molecular complexity index is 1000. The topological polar surface area (TPSA) is 56.1 Å². The van der Waals surface area contributed by atoms with Crippen molar-refractivity contribution in [3.63, 3.8) is 0 Å². The lowest BCUT2D eigenvalue weighted by Gasteiger charge is -2.12. The van der Waals surface area contributed by atoms with Gasteiger partial charge in [-0.15, -0.1) is 0 Å². The van der Waals surface area contributed by atoms with Gasteiger partial charge < -0.3 is 10.1 Å². The van der Waals surface area contributed by atoms with Gasteiger partial charge in [0.2, 0.25) is 0 Å².